The highest BCUT2D eigenvalue weighted by molar-refractivity contribution is 7.99. The summed E-state index contributed by atoms with van der Waals surface area (Å²) in [5.74, 6) is 0.0329. The second-order valence-electron chi connectivity index (χ2n) is 7.72. The number of esters is 1. The van der Waals surface area contributed by atoms with Crippen LogP contribution >= 0.6 is 11.8 Å². The van der Waals surface area contributed by atoms with Crippen LogP contribution in [0.5, 0.6) is 0 Å². The van der Waals surface area contributed by atoms with Gasteiger partial charge in [-0.05, 0) is 38.5 Å². The molecule has 0 radical (unpaired) electrons. The molecule has 0 saturated heterocycles. The zero-order chi connectivity index (χ0) is 24.5. The van der Waals surface area contributed by atoms with Gasteiger partial charge in [0.25, 0.3) is 11.8 Å². The van der Waals surface area contributed by atoms with Crippen molar-refractivity contribution in [2.24, 2.45) is 0 Å². The number of benzene rings is 2. The van der Waals surface area contributed by atoms with Crippen LogP contribution in [0.15, 0.2) is 53.1 Å². The van der Waals surface area contributed by atoms with Gasteiger partial charge in [-0.15, -0.1) is 11.8 Å². The van der Waals surface area contributed by atoms with Crippen molar-refractivity contribution in [1.82, 2.24) is 10.5 Å². The topological polar surface area (TPSA) is 111 Å². The summed E-state index contributed by atoms with van der Waals surface area (Å²) in [5, 5.41) is 9.37. The van der Waals surface area contributed by atoms with Crippen LogP contribution in [-0.4, -0.2) is 35.3 Å². The fourth-order valence-electron chi connectivity index (χ4n) is 3.09. The highest BCUT2D eigenvalue weighted by Crippen LogP contribution is 2.19. The van der Waals surface area contributed by atoms with Gasteiger partial charge in [0.15, 0.2) is 6.61 Å². The van der Waals surface area contributed by atoms with E-state index < -0.39 is 18.5 Å². The van der Waals surface area contributed by atoms with E-state index in [-0.39, 0.29) is 11.7 Å². The number of aromatic nitrogens is 1. The number of ether oxygens (including phenoxy) is 1. The molecule has 3 rings (SSSR count). The van der Waals surface area contributed by atoms with Crippen molar-refractivity contribution in [1.29, 1.82) is 0 Å². The molecule has 34 heavy (non-hydrogen) atoms. The monoisotopic (exact) mass is 481 g/mol. The molecule has 2 N–H and O–H groups in total. The summed E-state index contributed by atoms with van der Waals surface area (Å²) in [7, 11) is 0. The van der Waals surface area contributed by atoms with Crippen molar-refractivity contribution in [3.63, 3.8) is 0 Å². The molecule has 9 heteroatoms. The summed E-state index contributed by atoms with van der Waals surface area (Å²) >= 11 is 1.35. The Morgan fingerprint density at radius 1 is 1.03 bits per heavy atom. The molecule has 1 heterocycles. The highest BCUT2D eigenvalue weighted by atomic mass is 32.2. The number of rotatable bonds is 10. The first-order chi connectivity index (χ1) is 16.3. The van der Waals surface area contributed by atoms with Gasteiger partial charge >= 0.3 is 5.97 Å². The molecule has 178 valence electrons. The van der Waals surface area contributed by atoms with E-state index in [1.165, 1.54) is 11.8 Å². The maximum absolute atomic E-state index is 12.7. The molecule has 0 spiro atoms. The fraction of sp³-hybridized carbons (Fsp3) is 0.280. The number of anilines is 1. The molecule has 0 aliphatic carbocycles. The van der Waals surface area contributed by atoms with Crippen molar-refractivity contribution in [2.75, 3.05) is 17.7 Å². The first-order valence-electron chi connectivity index (χ1n) is 10.7. The van der Waals surface area contributed by atoms with Crippen LogP contribution in [0.4, 0.5) is 5.69 Å². The zero-order valence-corrected chi connectivity index (χ0v) is 20.2. The van der Waals surface area contributed by atoms with Crippen molar-refractivity contribution in [3.05, 3.63) is 82.2 Å². The molecular weight excluding hydrogens is 454 g/mol. The second-order valence-corrected chi connectivity index (χ2v) is 8.70. The molecule has 0 aliphatic rings. The van der Waals surface area contributed by atoms with Crippen molar-refractivity contribution < 1.29 is 23.6 Å². The lowest BCUT2D eigenvalue weighted by Crippen LogP contribution is -2.26. The Kier molecular flexibility index (Phi) is 8.86. The van der Waals surface area contributed by atoms with Crippen LogP contribution in [-0.2, 0) is 26.6 Å². The molecule has 0 aliphatic heterocycles. The van der Waals surface area contributed by atoms with Crippen molar-refractivity contribution in [2.45, 2.75) is 33.1 Å². The maximum Gasteiger partial charge on any atom is 0.316 e. The van der Waals surface area contributed by atoms with E-state index in [0.29, 0.717) is 23.5 Å². The quantitative estimate of drug-likeness (QED) is 0.422. The van der Waals surface area contributed by atoms with Gasteiger partial charge in [-0.2, -0.15) is 0 Å². The molecule has 0 unspecified atom stereocenters. The minimum atomic E-state index is -0.525. The Labute approximate surface area is 202 Å². The smallest absolute Gasteiger partial charge is 0.316 e. The first-order valence-corrected chi connectivity index (χ1v) is 11.9. The largest absolute Gasteiger partial charge is 0.455 e. The van der Waals surface area contributed by atoms with E-state index >= 15 is 0 Å². The summed E-state index contributed by atoms with van der Waals surface area (Å²) in [4.78, 5) is 36.9. The molecule has 1 aromatic heterocycles. The normalized spacial score (nSPS) is 10.6. The van der Waals surface area contributed by atoms with E-state index in [0.717, 1.165) is 28.1 Å². The van der Waals surface area contributed by atoms with Gasteiger partial charge in [0.2, 0.25) is 0 Å². The first kappa shape index (κ1) is 25.0. The third kappa shape index (κ3) is 7.21. The van der Waals surface area contributed by atoms with Crippen LogP contribution in [0.2, 0.25) is 0 Å². The number of aryl methyl sites for hydroxylation is 3. The standard InChI is InChI=1S/C25H27N3O5S/c1-16-8-10-19(11-9-16)12-26-25(31)20-6-4-5-7-22(20)27-23(29)13-32-24(30)15-34-14-21-17(2)28-33-18(21)3/h4-11H,12-15H2,1-3H3,(H,26,31)(H,27,29). The third-order valence-electron chi connectivity index (χ3n) is 5.03. The summed E-state index contributed by atoms with van der Waals surface area (Å²) < 4.78 is 10.2. The van der Waals surface area contributed by atoms with Gasteiger partial charge in [-0.3, -0.25) is 14.4 Å². The van der Waals surface area contributed by atoms with Crippen molar-refractivity contribution in [3.8, 4) is 0 Å². The molecule has 0 bridgehead atoms. The van der Waals surface area contributed by atoms with E-state index in [4.69, 9.17) is 9.26 Å². The number of carbonyl (C=O) groups excluding carboxylic acids is 3. The lowest BCUT2D eigenvalue weighted by atomic mass is 10.1. The van der Waals surface area contributed by atoms with Gasteiger partial charge in [0.1, 0.15) is 5.76 Å². The van der Waals surface area contributed by atoms with Gasteiger partial charge < -0.3 is 19.9 Å². The van der Waals surface area contributed by atoms with E-state index in [2.05, 4.69) is 15.8 Å². The van der Waals surface area contributed by atoms with E-state index in [1.807, 2.05) is 45.0 Å². The number of para-hydroxylation sites is 1. The lowest BCUT2D eigenvalue weighted by molar-refractivity contribution is -0.144. The predicted molar refractivity (Wildman–Crippen MR) is 131 cm³/mol. The summed E-state index contributed by atoms with van der Waals surface area (Å²) in [6.45, 7) is 5.58. The van der Waals surface area contributed by atoms with Gasteiger partial charge in [0.05, 0.1) is 22.7 Å². The van der Waals surface area contributed by atoms with E-state index in [9.17, 15) is 14.4 Å². The van der Waals surface area contributed by atoms with Gasteiger partial charge in [0, 0.05) is 17.9 Å². The SMILES string of the molecule is Cc1ccc(CNC(=O)c2ccccc2NC(=O)COC(=O)CSCc2c(C)noc2C)cc1. The lowest BCUT2D eigenvalue weighted by Gasteiger charge is -2.12. The number of amides is 2. The zero-order valence-electron chi connectivity index (χ0n) is 19.3. The second kappa shape index (κ2) is 12.0. The van der Waals surface area contributed by atoms with Crippen molar-refractivity contribution >= 4 is 35.2 Å². The number of thioether (sulfide) groups is 1. The molecule has 0 atom stereocenters. The van der Waals surface area contributed by atoms with Crippen LogP contribution in [0.3, 0.4) is 0 Å². The molecule has 2 amide bonds. The number of nitrogens with zero attached hydrogens (tertiary/aromatic N) is 1. The van der Waals surface area contributed by atoms with Crippen LogP contribution < -0.4 is 10.6 Å². The van der Waals surface area contributed by atoms with Crippen LogP contribution in [0.1, 0.15) is 38.5 Å². The molecule has 3 aromatic rings. The van der Waals surface area contributed by atoms with Gasteiger partial charge in [-0.25, -0.2) is 0 Å². The summed E-state index contributed by atoms with van der Waals surface area (Å²) in [5.41, 5.74) is 4.52. The predicted octanol–water partition coefficient (Wildman–Crippen LogP) is 3.94. The average molecular weight is 482 g/mol. The minimum absolute atomic E-state index is 0.0926. The fourth-order valence-corrected chi connectivity index (χ4v) is 4.06. The Hall–Kier alpha value is -3.59. The van der Waals surface area contributed by atoms with Crippen LogP contribution in [0, 0.1) is 20.8 Å². The number of carbonyl (C=O) groups is 3. The van der Waals surface area contributed by atoms with E-state index in [1.54, 1.807) is 24.3 Å². The third-order valence-corrected chi connectivity index (χ3v) is 5.96. The number of nitrogens with one attached hydrogen (secondary N) is 2. The number of hydrogen-bond donors (Lipinski definition) is 2. The molecule has 0 fully saturated rings. The molecule has 8 nitrogen and oxygen atoms in total. The molecular formula is C25H27N3O5S. The Bertz CT molecular complexity index is 1140. The minimum Gasteiger partial charge on any atom is -0.455 e. The van der Waals surface area contributed by atoms with Crippen LogP contribution in [0.25, 0.3) is 0 Å². The Morgan fingerprint density at radius 2 is 1.76 bits per heavy atom. The highest BCUT2D eigenvalue weighted by Gasteiger charge is 2.15. The summed E-state index contributed by atoms with van der Waals surface area (Å²) in [6.07, 6.45) is 0. The Balaban J connectivity index is 1.45. The molecule has 0 saturated carbocycles. The average Bonchev–Trinajstić information content (AvgIpc) is 3.15. The maximum atomic E-state index is 12.7. The number of hydrogen-bond acceptors (Lipinski definition) is 7. The molecule has 2 aromatic carbocycles. The Morgan fingerprint density at radius 3 is 2.47 bits per heavy atom. The summed E-state index contributed by atoms with van der Waals surface area (Å²) in [6, 6.07) is 14.5. The van der Waals surface area contributed by atoms with Gasteiger partial charge in [-0.1, -0.05) is 47.1 Å².